The van der Waals surface area contributed by atoms with E-state index in [0.717, 1.165) is 12.1 Å². The highest BCUT2D eigenvalue weighted by atomic mass is 16.5. The minimum absolute atomic E-state index is 0.0841. The standard InChI is InChI=1S/C11H14N2O2/c1-15-11(14)10-7-13-6-9(10)8-3-2-4-12-5-8/h2-5,9-10,13H,6-7H2,1H3/t9-,10-/m1/s1. The van der Waals surface area contributed by atoms with Crippen molar-refractivity contribution < 1.29 is 9.53 Å². The monoisotopic (exact) mass is 206 g/mol. The molecule has 4 heteroatoms. The van der Waals surface area contributed by atoms with E-state index in [9.17, 15) is 4.79 Å². The first-order valence-electron chi connectivity index (χ1n) is 5.01. The average molecular weight is 206 g/mol. The Morgan fingerprint density at radius 1 is 1.60 bits per heavy atom. The number of aromatic nitrogens is 1. The van der Waals surface area contributed by atoms with Crippen LogP contribution < -0.4 is 5.32 Å². The van der Waals surface area contributed by atoms with Crippen LogP contribution in [0.1, 0.15) is 11.5 Å². The summed E-state index contributed by atoms with van der Waals surface area (Å²) in [6.45, 7) is 1.50. The summed E-state index contributed by atoms with van der Waals surface area (Å²) < 4.78 is 4.79. The maximum Gasteiger partial charge on any atom is 0.310 e. The van der Waals surface area contributed by atoms with Crippen LogP contribution in [0.5, 0.6) is 0 Å². The first-order valence-corrected chi connectivity index (χ1v) is 5.01. The topological polar surface area (TPSA) is 51.2 Å². The van der Waals surface area contributed by atoms with E-state index in [1.165, 1.54) is 7.11 Å². The zero-order valence-corrected chi connectivity index (χ0v) is 8.64. The molecular weight excluding hydrogens is 192 g/mol. The van der Waals surface area contributed by atoms with Crippen molar-refractivity contribution in [1.82, 2.24) is 10.3 Å². The lowest BCUT2D eigenvalue weighted by molar-refractivity contribution is -0.145. The van der Waals surface area contributed by atoms with E-state index < -0.39 is 0 Å². The summed E-state index contributed by atoms with van der Waals surface area (Å²) in [5.41, 5.74) is 1.10. The van der Waals surface area contributed by atoms with Gasteiger partial charge < -0.3 is 10.1 Å². The van der Waals surface area contributed by atoms with Gasteiger partial charge in [0.2, 0.25) is 0 Å². The van der Waals surface area contributed by atoms with Gasteiger partial charge in [0.1, 0.15) is 0 Å². The number of hydrogen-bond acceptors (Lipinski definition) is 4. The Morgan fingerprint density at radius 3 is 3.13 bits per heavy atom. The van der Waals surface area contributed by atoms with Crippen LogP contribution in [0.3, 0.4) is 0 Å². The second-order valence-corrected chi connectivity index (χ2v) is 3.68. The fraction of sp³-hybridized carbons (Fsp3) is 0.455. The van der Waals surface area contributed by atoms with Gasteiger partial charge in [-0.2, -0.15) is 0 Å². The molecule has 2 atom stereocenters. The lowest BCUT2D eigenvalue weighted by Crippen LogP contribution is -2.22. The minimum Gasteiger partial charge on any atom is -0.469 e. The van der Waals surface area contributed by atoms with E-state index >= 15 is 0 Å². The van der Waals surface area contributed by atoms with Crippen LogP contribution in [0.15, 0.2) is 24.5 Å². The molecule has 1 saturated heterocycles. The van der Waals surface area contributed by atoms with Crippen LogP contribution in [0.4, 0.5) is 0 Å². The van der Waals surface area contributed by atoms with Crippen LogP contribution in [-0.4, -0.2) is 31.2 Å². The van der Waals surface area contributed by atoms with E-state index in [2.05, 4.69) is 10.3 Å². The summed E-state index contributed by atoms with van der Waals surface area (Å²) in [5, 5.41) is 3.21. The molecular formula is C11H14N2O2. The van der Waals surface area contributed by atoms with Gasteiger partial charge >= 0.3 is 5.97 Å². The molecule has 1 N–H and O–H groups in total. The summed E-state index contributed by atoms with van der Waals surface area (Å²) in [4.78, 5) is 15.6. The van der Waals surface area contributed by atoms with Crippen LogP contribution >= 0.6 is 0 Å². The number of pyridine rings is 1. The summed E-state index contributed by atoms with van der Waals surface area (Å²) in [7, 11) is 1.43. The molecule has 0 saturated carbocycles. The Kier molecular flexibility index (Phi) is 2.97. The van der Waals surface area contributed by atoms with E-state index in [1.807, 2.05) is 18.3 Å². The highest BCUT2D eigenvalue weighted by Crippen LogP contribution is 2.28. The Labute approximate surface area is 88.7 Å². The van der Waals surface area contributed by atoms with Gasteiger partial charge in [-0.15, -0.1) is 0 Å². The molecule has 0 unspecified atom stereocenters. The Bertz CT molecular complexity index is 340. The Hall–Kier alpha value is -1.42. The first kappa shape index (κ1) is 10.1. The lowest BCUT2D eigenvalue weighted by Gasteiger charge is -2.15. The number of rotatable bonds is 2. The van der Waals surface area contributed by atoms with Crippen molar-refractivity contribution in [2.24, 2.45) is 5.92 Å². The molecule has 0 spiro atoms. The van der Waals surface area contributed by atoms with Gasteiger partial charge in [0.25, 0.3) is 0 Å². The zero-order valence-electron chi connectivity index (χ0n) is 8.64. The molecule has 0 aliphatic carbocycles. The molecule has 4 nitrogen and oxygen atoms in total. The molecule has 0 amide bonds. The minimum atomic E-state index is -0.145. The van der Waals surface area contributed by atoms with E-state index in [1.54, 1.807) is 6.20 Å². The summed E-state index contributed by atoms with van der Waals surface area (Å²) in [5.74, 6) is -0.0424. The van der Waals surface area contributed by atoms with Gasteiger partial charge in [0.15, 0.2) is 0 Å². The summed E-state index contributed by atoms with van der Waals surface area (Å²) in [6.07, 6.45) is 3.55. The molecule has 0 aromatic carbocycles. The second kappa shape index (κ2) is 4.40. The molecule has 2 heterocycles. The maximum atomic E-state index is 11.5. The molecule has 2 rings (SSSR count). The average Bonchev–Trinajstić information content (AvgIpc) is 2.78. The van der Waals surface area contributed by atoms with Gasteiger partial charge in [0, 0.05) is 31.4 Å². The van der Waals surface area contributed by atoms with Crippen molar-refractivity contribution in [3.05, 3.63) is 30.1 Å². The smallest absolute Gasteiger partial charge is 0.310 e. The highest BCUT2D eigenvalue weighted by molar-refractivity contribution is 5.74. The molecule has 1 aromatic rings. The summed E-state index contributed by atoms with van der Waals surface area (Å²) in [6, 6.07) is 3.89. The number of carbonyl (C=O) groups is 1. The molecule has 0 bridgehead atoms. The number of esters is 1. The van der Waals surface area contributed by atoms with Crippen molar-refractivity contribution in [2.45, 2.75) is 5.92 Å². The van der Waals surface area contributed by atoms with Gasteiger partial charge in [-0.1, -0.05) is 6.07 Å². The first-order chi connectivity index (χ1) is 7.33. The van der Waals surface area contributed by atoms with Crippen LogP contribution in [0, 0.1) is 5.92 Å². The second-order valence-electron chi connectivity index (χ2n) is 3.68. The molecule has 1 aromatic heterocycles. The van der Waals surface area contributed by atoms with E-state index in [-0.39, 0.29) is 17.8 Å². The third-order valence-corrected chi connectivity index (χ3v) is 2.83. The number of hydrogen-bond donors (Lipinski definition) is 1. The molecule has 15 heavy (non-hydrogen) atoms. The predicted molar refractivity (Wildman–Crippen MR) is 55.4 cm³/mol. The van der Waals surface area contributed by atoms with Crippen molar-refractivity contribution in [1.29, 1.82) is 0 Å². The molecule has 80 valence electrons. The largest absolute Gasteiger partial charge is 0.469 e. The van der Waals surface area contributed by atoms with Gasteiger partial charge in [-0.25, -0.2) is 0 Å². The van der Waals surface area contributed by atoms with E-state index in [4.69, 9.17) is 4.74 Å². The number of carbonyl (C=O) groups excluding carboxylic acids is 1. The number of nitrogens with one attached hydrogen (secondary N) is 1. The zero-order chi connectivity index (χ0) is 10.7. The van der Waals surface area contributed by atoms with Gasteiger partial charge in [0.05, 0.1) is 13.0 Å². The Balaban J connectivity index is 2.18. The van der Waals surface area contributed by atoms with Gasteiger partial charge in [-0.3, -0.25) is 9.78 Å². The lowest BCUT2D eigenvalue weighted by atomic mass is 9.90. The quantitative estimate of drug-likeness (QED) is 0.718. The fourth-order valence-electron chi connectivity index (χ4n) is 2.02. The molecule has 1 fully saturated rings. The summed E-state index contributed by atoms with van der Waals surface area (Å²) >= 11 is 0. The van der Waals surface area contributed by atoms with Crippen molar-refractivity contribution in [3.63, 3.8) is 0 Å². The maximum absolute atomic E-state index is 11.5. The van der Waals surface area contributed by atoms with Crippen LogP contribution in [0.25, 0.3) is 0 Å². The van der Waals surface area contributed by atoms with Gasteiger partial charge in [-0.05, 0) is 11.6 Å². The number of ether oxygens (including phenoxy) is 1. The fourth-order valence-corrected chi connectivity index (χ4v) is 2.02. The van der Waals surface area contributed by atoms with Crippen molar-refractivity contribution in [3.8, 4) is 0 Å². The molecule has 0 radical (unpaired) electrons. The SMILES string of the molecule is COC(=O)[C@@H]1CNC[C@@H]1c1cccnc1. The molecule has 1 aliphatic heterocycles. The van der Waals surface area contributed by atoms with Crippen LogP contribution in [0.2, 0.25) is 0 Å². The predicted octanol–water partition coefficient (Wildman–Crippen LogP) is 0.558. The highest BCUT2D eigenvalue weighted by Gasteiger charge is 2.34. The Morgan fingerprint density at radius 2 is 2.47 bits per heavy atom. The van der Waals surface area contributed by atoms with Crippen molar-refractivity contribution in [2.75, 3.05) is 20.2 Å². The van der Waals surface area contributed by atoms with E-state index in [0.29, 0.717) is 6.54 Å². The normalized spacial score (nSPS) is 25.1. The number of nitrogens with zero attached hydrogens (tertiary/aromatic N) is 1. The molecule has 1 aliphatic rings. The third-order valence-electron chi connectivity index (χ3n) is 2.83. The van der Waals surface area contributed by atoms with Crippen molar-refractivity contribution >= 4 is 5.97 Å². The van der Waals surface area contributed by atoms with Crippen LogP contribution in [-0.2, 0) is 9.53 Å². The number of methoxy groups -OCH3 is 1. The third kappa shape index (κ3) is 1.99.